The van der Waals surface area contributed by atoms with Crippen LogP contribution < -0.4 is 9.61 Å². The highest BCUT2D eigenvalue weighted by Gasteiger charge is 2.25. The molecule has 0 atom stereocenters. The number of hydrazine groups is 1. The fourth-order valence-corrected chi connectivity index (χ4v) is 8.77. The third-order valence-electron chi connectivity index (χ3n) is 8.28. The van der Waals surface area contributed by atoms with E-state index in [1.807, 2.05) is 16.5 Å². The van der Waals surface area contributed by atoms with Crippen LogP contribution in [-0.2, 0) is 30.4 Å². The zero-order valence-corrected chi connectivity index (χ0v) is 32.9. The summed E-state index contributed by atoms with van der Waals surface area (Å²) < 4.78 is 93.8. The molecule has 0 spiro atoms. The summed E-state index contributed by atoms with van der Waals surface area (Å²) in [6.07, 6.45) is 3.67. The van der Waals surface area contributed by atoms with Gasteiger partial charge in [0.05, 0.1) is 16.5 Å². The molecule has 1 aliphatic rings. The summed E-state index contributed by atoms with van der Waals surface area (Å²) in [6.45, 7) is 5.17. The van der Waals surface area contributed by atoms with Gasteiger partial charge in [-0.2, -0.15) is 25.3 Å². The van der Waals surface area contributed by atoms with E-state index in [-0.39, 0.29) is 33.9 Å². The summed E-state index contributed by atoms with van der Waals surface area (Å²) in [7, 11) is -12.6. The van der Waals surface area contributed by atoms with Crippen LogP contribution in [-0.4, -0.2) is 73.7 Å². The number of amides is 1. The van der Waals surface area contributed by atoms with Crippen molar-refractivity contribution in [3.05, 3.63) is 100 Å². The molecule has 14 nitrogen and oxygen atoms in total. The fourth-order valence-electron chi connectivity index (χ4n) is 5.88. The van der Waals surface area contributed by atoms with Gasteiger partial charge in [0.15, 0.2) is 5.69 Å². The number of carbonyl (C=O) groups excluding carboxylic acids is 1. The summed E-state index contributed by atoms with van der Waals surface area (Å²) in [5, 5.41) is 2.84. The van der Waals surface area contributed by atoms with Gasteiger partial charge in [-0.25, -0.2) is 9.99 Å². The molecule has 0 radical (unpaired) electrons. The first-order valence-corrected chi connectivity index (χ1v) is 21.7. The highest BCUT2D eigenvalue weighted by atomic mass is 35.5. The molecule has 0 bridgehead atoms. The second-order valence-electron chi connectivity index (χ2n) is 12.2. The summed E-state index contributed by atoms with van der Waals surface area (Å²) in [5.41, 5.74) is 5.12. The lowest BCUT2D eigenvalue weighted by Gasteiger charge is -2.26. The summed E-state index contributed by atoms with van der Waals surface area (Å²) in [5.74, 6) is 0.304. The second kappa shape index (κ2) is 16.7. The van der Waals surface area contributed by atoms with Gasteiger partial charge in [0.25, 0.3) is 26.1 Å². The van der Waals surface area contributed by atoms with Gasteiger partial charge < -0.3 is 4.18 Å². The number of nitrogens with one attached hydrogen (secondary N) is 1. The SMILES string of the molecule is CCCS(=O)(=O)Oc1ccc(-n2c(-c3ccc(Cl)cc3Cl)nc(C(=O)NN3CCCCC3)c2C)cc1.O=S(=O)(O)c1cccc2c(S(=O)(=O)O)cccc12. The zero-order valence-electron chi connectivity index (χ0n) is 28.9. The van der Waals surface area contributed by atoms with Crippen LogP contribution in [0.1, 0.15) is 48.8 Å². The number of hydrogen-bond acceptors (Lipinski definition) is 10. The van der Waals surface area contributed by atoms with Gasteiger partial charge in [0.2, 0.25) is 0 Å². The molecular weight excluding hydrogens is 804 g/mol. The first-order valence-electron chi connectivity index (χ1n) is 16.5. The number of fused-ring (bicyclic) bond motifs is 1. The van der Waals surface area contributed by atoms with E-state index in [2.05, 4.69) is 10.4 Å². The van der Waals surface area contributed by atoms with Gasteiger partial charge in [-0.3, -0.25) is 23.9 Å². The van der Waals surface area contributed by atoms with E-state index in [1.54, 1.807) is 49.4 Å². The Balaban J connectivity index is 0.000000260. The van der Waals surface area contributed by atoms with Crippen LogP contribution in [0.25, 0.3) is 27.8 Å². The van der Waals surface area contributed by atoms with Gasteiger partial charge in [-0.05, 0) is 80.8 Å². The third kappa shape index (κ3) is 9.77. The van der Waals surface area contributed by atoms with Crippen LogP contribution in [0, 0.1) is 6.92 Å². The van der Waals surface area contributed by atoms with Crippen molar-refractivity contribution >= 4 is 70.2 Å². The quantitative estimate of drug-likeness (QED) is 0.0990. The van der Waals surface area contributed by atoms with Gasteiger partial charge in [-0.15, -0.1) is 0 Å². The minimum Gasteiger partial charge on any atom is -0.382 e. The molecular formula is C35H36Cl2N4O10S3. The van der Waals surface area contributed by atoms with E-state index < -0.39 is 40.1 Å². The molecule has 1 fully saturated rings. The van der Waals surface area contributed by atoms with E-state index in [4.69, 9.17) is 36.5 Å². The molecule has 0 unspecified atom stereocenters. The topological polar surface area (TPSA) is 202 Å². The van der Waals surface area contributed by atoms with Gasteiger partial charge in [-0.1, -0.05) is 60.8 Å². The van der Waals surface area contributed by atoms with Crippen molar-refractivity contribution in [3.63, 3.8) is 0 Å². The van der Waals surface area contributed by atoms with Gasteiger partial charge in [0.1, 0.15) is 21.4 Å². The second-order valence-corrected chi connectivity index (χ2v) is 17.5. The maximum atomic E-state index is 13.2. The zero-order chi connectivity index (χ0) is 39.4. The van der Waals surface area contributed by atoms with Gasteiger partial charge >= 0.3 is 10.1 Å². The molecule has 2 heterocycles. The maximum Gasteiger partial charge on any atom is 0.309 e. The van der Waals surface area contributed by atoms with Crippen molar-refractivity contribution in [1.82, 2.24) is 20.0 Å². The first kappa shape index (κ1) is 41.1. The Bertz CT molecular complexity index is 2450. The molecule has 5 aromatic rings. The maximum absolute atomic E-state index is 13.2. The lowest BCUT2D eigenvalue weighted by Crippen LogP contribution is -2.45. The normalized spacial score (nSPS) is 14.0. The van der Waals surface area contributed by atoms with Crippen LogP contribution >= 0.6 is 23.2 Å². The Hall–Kier alpha value is -4.07. The van der Waals surface area contributed by atoms with Crippen LogP contribution in [0.2, 0.25) is 10.0 Å². The van der Waals surface area contributed by atoms with Crippen LogP contribution in [0.5, 0.6) is 5.75 Å². The van der Waals surface area contributed by atoms with Crippen molar-refractivity contribution in [3.8, 4) is 22.8 Å². The third-order valence-corrected chi connectivity index (χ3v) is 12.0. The number of benzene rings is 4. The largest absolute Gasteiger partial charge is 0.382 e. The number of nitrogens with zero attached hydrogens (tertiary/aromatic N) is 3. The predicted molar refractivity (Wildman–Crippen MR) is 205 cm³/mol. The Kier molecular flexibility index (Phi) is 12.7. The first-order chi connectivity index (χ1) is 25.4. The van der Waals surface area contributed by atoms with Crippen LogP contribution in [0.3, 0.4) is 0 Å². The Labute approximate surface area is 323 Å². The van der Waals surface area contributed by atoms with Crippen molar-refractivity contribution in [2.45, 2.75) is 49.3 Å². The van der Waals surface area contributed by atoms with Crippen LogP contribution in [0.4, 0.5) is 0 Å². The molecule has 1 aromatic heterocycles. The van der Waals surface area contributed by atoms with Crippen molar-refractivity contribution in [1.29, 1.82) is 0 Å². The van der Waals surface area contributed by atoms with E-state index >= 15 is 0 Å². The molecule has 0 aliphatic carbocycles. The monoisotopic (exact) mass is 838 g/mol. The molecule has 6 rings (SSSR count). The summed E-state index contributed by atoms with van der Waals surface area (Å²) >= 11 is 12.6. The molecule has 19 heteroatoms. The molecule has 3 N–H and O–H groups in total. The average molecular weight is 840 g/mol. The Morgan fingerprint density at radius 2 is 1.41 bits per heavy atom. The van der Waals surface area contributed by atoms with E-state index in [0.717, 1.165) is 44.5 Å². The van der Waals surface area contributed by atoms with Crippen LogP contribution in [0.15, 0.2) is 88.7 Å². The summed E-state index contributed by atoms with van der Waals surface area (Å²) in [4.78, 5) is 17.1. The number of rotatable bonds is 10. The smallest absolute Gasteiger partial charge is 0.309 e. The van der Waals surface area contributed by atoms with Crippen molar-refractivity contribution < 1.29 is 43.3 Å². The molecule has 0 saturated carbocycles. The average Bonchev–Trinajstić information content (AvgIpc) is 3.44. The van der Waals surface area contributed by atoms with E-state index in [0.29, 0.717) is 39.2 Å². The van der Waals surface area contributed by atoms with Crippen molar-refractivity contribution in [2.75, 3.05) is 18.8 Å². The number of halogens is 2. The number of hydrogen-bond donors (Lipinski definition) is 3. The molecule has 288 valence electrons. The Morgan fingerprint density at radius 3 is 1.93 bits per heavy atom. The molecule has 1 aliphatic heterocycles. The highest BCUT2D eigenvalue weighted by molar-refractivity contribution is 7.87. The molecule has 1 amide bonds. The standard InChI is InChI=1S/C25H28Cl2N4O4S.C10H8O6S2/c1-3-15-36(33,34)35-20-10-8-19(9-11-20)31-17(2)23(25(32)29-30-13-5-4-6-14-30)28-24(31)21-12-7-18(26)16-22(21)27;11-17(12,13)9-5-1-3-7-8(9)4-2-6-10(7)18(14,15)16/h7-12,16H,3-6,13-15H2,1-2H3,(H,29,32);1-6H,(H,11,12,13)(H,14,15,16). The number of imidazole rings is 1. The van der Waals surface area contributed by atoms with E-state index in [9.17, 15) is 30.0 Å². The number of carbonyl (C=O) groups is 1. The fraction of sp³-hybridized carbons (Fsp3) is 0.257. The predicted octanol–water partition coefficient (Wildman–Crippen LogP) is 6.74. The highest BCUT2D eigenvalue weighted by Crippen LogP contribution is 2.34. The lowest BCUT2D eigenvalue weighted by atomic mass is 10.1. The Morgan fingerprint density at radius 1 is 0.833 bits per heavy atom. The number of aromatic nitrogens is 2. The molecule has 4 aromatic carbocycles. The van der Waals surface area contributed by atoms with Crippen molar-refractivity contribution in [2.24, 2.45) is 0 Å². The summed E-state index contributed by atoms with van der Waals surface area (Å²) in [6, 6.07) is 19.2. The van der Waals surface area contributed by atoms with Gasteiger partial charge in [0, 0.05) is 40.1 Å². The minimum absolute atomic E-state index is 0.0233. The minimum atomic E-state index is -4.47. The lowest BCUT2D eigenvalue weighted by molar-refractivity contribution is 0.0744. The molecule has 1 saturated heterocycles. The van der Waals surface area contributed by atoms with E-state index in [1.165, 1.54) is 24.3 Å². The number of piperidine rings is 1. The molecule has 54 heavy (non-hydrogen) atoms.